The van der Waals surface area contributed by atoms with E-state index in [1.54, 1.807) is 19.1 Å². The fourth-order valence-corrected chi connectivity index (χ4v) is 3.30. The summed E-state index contributed by atoms with van der Waals surface area (Å²) in [6, 6.07) is 28.1. The van der Waals surface area contributed by atoms with Crippen LogP contribution in [0.25, 0.3) is 0 Å². The van der Waals surface area contributed by atoms with Crippen molar-refractivity contribution in [2.75, 3.05) is 6.61 Å². The molecule has 0 saturated heterocycles. The van der Waals surface area contributed by atoms with Crippen molar-refractivity contribution in [2.45, 2.75) is 18.4 Å². The molecular formula is C23H22O3. The van der Waals surface area contributed by atoms with Crippen molar-refractivity contribution in [1.82, 2.24) is 0 Å². The Hall–Kier alpha value is -2.91. The third-order valence-electron chi connectivity index (χ3n) is 4.48. The molecule has 0 aliphatic heterocycles. The molecule has 3 nitrogen and oxygen atoms in total. The van der Waals surface area contributed by atoms with Crippen LogP contribution < -0.4 is 0 Å². The summed E-state index contributed by atoms with van der Waals surface area (Å²) in [5, 5.41) is 11.8. The summed E-state index contributed by atoms with van der Waals surface area (Å²) >= 11 is 0. The molecule has 3 rings (SSSR count). The molecule has 0 saturated carbocycles. The van der Waals surface area contributed by atoms with Crippen molar-refractivity contribution >= 4 is 5.97 Å². The van der Waals surface area contributed by atoms with Gasteiger partial charge in [-0.25, -0.2) is 4.79 Å². The number of hydrogen-bond donors (Lipinski definition) is 1. The van der Waals surface area contributed by atoms with E-state index in [0.717, 1.165) is 11.1 Å². The second kappa shape index (κ2) is 7.98. The zero-order chi connectivity index (χ0) is 18.4. The Balaban J connectivity index is 2.24. The maximum Gasteiger partial charge on any atom is 0.343 e. The lowest BCUT2D eigenvalue weighted by Gasteiger charge is -2.35. The second-order valence-electron chi connectivity index (χ2n) is 6.11. The Morgan fingerprint density at radius 1 is 0.846 bits per heavy atom. The highest BCUT2D eigenvalue weighted by Gasteiger charge is 2.48. The highest BCUT2D eigenvalue weighted by Crippen LogP contribution is 2.42. The minimum atomic E-state index is -1.83. The lowest BCUT2D eigenvalue weighted by molar-refractivity contribution is -0.168. The van der Waals surface area contributed by atoms with Crippen molar-refractivity contribution < 1.29 is 14.6 Å². The number of carbonyl (C=O) groups is 1. The minimum absolute atomic E-state index is 0.199. The normalized spacial score (nSPS) is 13.2. The summed E-state index contributed by atoms with van der Waals surface area (Å²) < 4.78 is 5.30. The lowest BCUT2D eigenvalue weighted by atomic mass is 9.73. The smallest absolute Gasteiger partial charge is 0.343 e. The first kappa shape index (κ1) is 17.9. The van der Waals surface area contributed by atoms with Gasteiger partial charge in [-0.15, -0.1) is 0 Å². The summed E-state index contributed by atoms with van der Waals surface area (Å²) in [6.07, 6.45) is 0. The highest BCUT2D eigenvalue weighted by atomic mass is 16.5. The molecule has 0 amide bonds. The van der Waals surface area contributed by atoms with Crippen LogP contribution in [0, 0.1) is 0 Å². The molecule has 0 fully saturated rings. The van der Waals surface area contributed by atoms with Crippen LogP contribution in [-0.2, 0) is 15.1 Å². The van der Waals surface area contributed by atoms with Gasteiger partial charge in [0.05, 0.1) is 12.5 Å². The molecular weight excluding hydrogens is 324 g/mol. The molecule has 3 aromatic rings. The molecule has 0 heterocycles. The van der Waals surface area contributed by atoms with E-state index < -0.39 is 17.5 Å². The van der Waals surface area contributed by atoms with Crippen LogP contribution in [0.4, 0.5) is 0 Å². The second-order valence-corrected chi connectivity index (χ2v) is 6.11. The molecule has 0 spiro atoms. The van der Waals surface area contributed by atoms with Gasteiger partial charge < -0.3 is 9.84 Å². The van der Waals surface area contributed by atoms with Crippen LogP contribution >= 0.6 is 0 Å². The number of carbonyl (C=O) groups excluding carboxylic acids is 1. The number of rotatable bonds is 6. The Morgan fingerprint density at radius 3 is 1.69 bits per heavy atom. The number of benzene rings is 3. The number of hydrogen-bond acceptors (Lipinski definition) is 3. The molecule has 0 aromatic heterocycles. The number of aliphatic hydroxyl groups is 1. The van der Waals surface area contributed by atoms with E-state index >= 15 is 0 Å². The molecule has 132 valence electrons. The monoisotopic (exact) mass is 346 g/mol. The van der Waals surface area contributed by atoms with E-state index in [9.17, 15) is 9.90 Å². The van der Waals surface area contributed by atoms with Gasteiger partial charge in [0.25, 0.3) is 0 Å². The maximum absolute atomic E-state index is 13.0. The van der Waals surface area contributed by atoms with Crippen molar-refractivity contribution in [3.8, 4) is 0 Å². The molecule has 26 heavy (non-hydrogen) atoms. The van der Waals surface area contributed by atoms with Gasteiger partial charge in [0.15, 0.2) is 5.60 Å². The van der Waals surface area contributed by atoms with Crippen molar-refractivity contribution in [3.63, 3.8) is 0 Å². The standard InChI is InChI=1S/C23H22O3/c1-2-26-22(24)23(25,20-16-10-5-11-17-20)21(18-12-6-3-7-13-18)19-14-8-4-9-15-19/h3-17,21,25H,2H2,1H3. The summed E-state index contributed by atoms with van der Waals surface area (Å²) in [5.41, 5.74) is 0.368. The van der Waals surface area contributed by atoms with Gasteiger partial charge in [0.2, 0.25) is 0 Å². The van der Waals surface area contributed by atoms with Crippen LogP contribution in [0.15, 0.2) is 91.0 Å². The molecule has 0 bridgehead atoms. The fraction of sp³-hybridized carbons (Fsp3) is 0.174. The zero-order valence-corrected chi connectivity index (χ0v) is 14.7. The van der Waals surface area contributed by atoms with Crippen LogP contribution in [0.1, 0.15) is 29.5 Å². The van der Waals surface area contributed by atoms with E-state index in [-0.39, 0.29) is 6.61 Å². The van der Waals surface area contributed by atoms with Crippen LogP contribution in [-0.4, -0.2) is 17.7 Å². The average molecular weight is 346 g/mol. The van der Waals surface area contributed by atoms with Gasteiger partial charge in [-0.05, 0) is 23.6 Å². The third-order valence-corrected chi connectivity index (χ3v) is 4.48. The predicted molar refractivity (Wildman–Crippen MR) is 102 cm³/mol. The van der Waals surface area contributed by atoms with Gasteiger partial charge >= 0.3 is 5.97 Å². The molecule has 0 aliphatic carbocycles. The van der Waals surface area contributed by atoms with Crippen LogP contribution in [0.3, 0.4) is 0 Å². The Bertz CT molecular complexity index is 792. The maximum atomic E-state index is 13.0. The Morgan fingerprint density at radius 2 is 1.27 bits per heavy atom. The van der Waals surface area contributed by atoms with E-state index in [0.29, 0.717) is 5.56 Å². The van der Waals surface area contributed by atoms with E-state index in [1.807, 2.05) is 78.9 Å². The van der Waals surface area contributed by atoms with E-state index in [2.05, 4.69) is 0 Å². The summed E-state index contributed by atoms with van der Waals surface area (Å²) in [6.45, 7) is 1.94. The molecule has 0 radical (unpaired) electrons. The summed E-state index contributed by atoms with van der Waals surface area (Å²) in [5.74, 6) is -1.24. The lowest BCUT2D eigenvalue weighted by Crippen LogP contribution is -2.43. The fourth-order valence-electron chi connectivity index (χ4n) is 3.30. The molecule has 0 aliphatic rings. The molecule has 3 aromatic carbocycles. The van der Waals surface area contributed by atoms with Gasteiger partial charge in [-0.1, -0.05) is 91.0 Å². The van der Waals surface area contributed by atoms with E-state index in [1.165, 1.54) is 0 Å². The first-order valence-electron chi connectivity index (χ1n) is 8.73. The first-order valence-corrected chi connectivity index (χ1v) is 8.73. The van der Waals surface area contributed by atoms with E-state index in [4.69, 9.17) is 4.74 Å². The molecule has 1 atom stereocenters. The van der Waals surface area contributed by atoms with Gasteiger partial charge in [-0.3, -0.25) is 0 Å². The molecule has 1 unspecified atom stereocenters. The summed E-state index contributed by atoms with van der Waals surface area (Å²) in [4.78, 5) is 13.0. The zero-order valence-electron chi connectivity index (χ0n) is 14.7. The Kier molecular flexibility index (Phi) is 5.49. The van der Waals surface area contributed by atoms with Crippen molar-refractivity contribution in [3.05, 3.63) is 108 Å². The largest absolute Gasteiger partial charge is 0.464 e. The van der Waals surface area contributed by atoms with Gasteiger partial charge in [-0.2, -0.15) is 0 Å². The third kappa shape index (κ3) is 3.39. The van der Waals surface area contributed by atoms with Gasteiger partial charge in [0.1, 0.15) is 0 Å². The molecule has 3 heteroatoms. The number of esters is 1. The average Bonchev–Trinajstić information content (AvgIpc) is 2.70. The minimum Gasteiger partial charge on any atom is -0.464 e. The topological polar surface area (TPSA) is 46.5 Å². The van der Waals surface area contributed by atoms with Crippen LogP contribution in [0.5, 0.6) is 0 Å². The van der Waals surface area contributed by atoms with Crippen LogP contribution in [0.2, 0.25) is 0 Å². The number of ether oxygens (including phenoxy) is 1. The van der Waals surface area contributed by atoms with Gasteiger partial charge in [0, 0.05) is 0 Å². The summed E-state index contributed by atoms with van der Waals surface area (Å²) in [7, 11) is 0. The Labute approximate surface area is 153 Å². The first-order chi connectivity index (χ1) is 12.7. The quantitative estimate of drug-likeness (QED) is 0.678. The SMILES string of the molecule is CCOC(=O)C(O)(c1ccccc1)C(c1ccccc1)c1ccccc1. The molecule has 1 N–H and O–H groups in total. The van der Waals surface area contributed by atoms with Crippen molar-refractivity contribution in [1.29, 1.82) is 0 Å². The highest BCUT2D eigenvalue weighted by molar-refractivity contribution is 5.83. The predicted octanol–water partition coefficient (Wildman–Crippen LogP) is 4.27. The van der Waals surface area contributed by atoms with Crippen molar-refractivity contribution in [2.24, 2.45) is 0 Å².